The number of carbonyl (C=O) groups excluding carboxylic acids is 1. The molecule has 0 radical (unpaired) electrons. The number of hydrogen-bond acceptors (Lipinski definition) is 3. The van der Waals surface area contributed by atoms with Crippen LogP contribution in [0.1, 0.15) is 6.42 Å². The van der Waals surface area contributed by atoms with Gasteiger partial charge in [-0.2, -0.15) is 0 Å². The standard InChI is InChI=1S/C6H8O3/c1-2-5-4(7)3-6(8)9-5/h2,4-5,7H,1,3H2/t4-,5-/m0/s1. The van der Waals surface area contributed by atoms with Crippen molar-refractivity contribution in [2.45, 2.75) is 18.6 Å². The first kappa shape index (κ1) is 6.29. The maximum absolute atomic E-state index is 10.4. The van der Waals surface area contributed by atoms with Crippen LogP contribution >= 0.6 is 0 Å². The van der Waals surface area contributed by atoms with E-state index in [4.69, 9.17) is 5.11 Å². The van der Waals surface area contributed by atoms with Crippen LogP contribution in [0, 0.1) is 0 Å². The number of esters is 1. The fourth-order valence-electron chi connectivity index (χ4n) is 0.771. The summed E-state index contributed by atoms with van der Waals surface area (Å²) in [6, 6.07) is 0. The Morgan fingerprint density at radius 1 is 1.89 bits per heavy atom. The number of hydrogen-bond donors (Lipinski definition) is 1. The smallest absolute Gasteiger partial charge is 0.309 e. The molecule has 3 heteroatoms. The zero-order valence-electron chi connectivity index (χ0n) is 4.91. The molecule has 2 atom stereocenters. The molecule has 50 valence electrons. The Morgan fingerprint density at radius 3 is 2.78 bits per heavy atom. The molecule has 1 rings (SSSR count). The van der Waals surface area contributed by atoms with Gasteiger partial charge in [-0.05, 0) is 6.08 Å². The zero-order chi connectivity index (χ0) is 6.85. The summed E-state index contributed by atoms with van der Waals surface area (Å²) < 4.78 is 4.62. The van der Waals surface area contributed by atoms with E-state index in [9.17, 15) is 4.79 Å². The molecular formula is C6H8O3. The lowest BCUT2D eigenvalue weighted by Gasteiger charge is -2.04. The van der Waals surface area contributed by atoms with Crippen LogP contribution < -0.4 is 0 Å². The Morgan fingerprint density at radius 2 is 2.56 bits per heavy atom. The molecule has 1 N–H and O–H groups in total. The molecule has 0 amide bonds. The summed E-state index contributed by atoms with van der Waals surface area (Å²) in [5.74, 6) is -0.354. The maximum Gasteiger partial charge on any atom is 0.309 e. The van der Waals surface area contributed by atoms with Gasteiger partial charge in [-0.1, -0.05) is 6.58 Å². The average molecular weight is 128 g/mol. The van der Waals surface area contributed by atoms with Crippen molar-refractivity contribution in [1.82, 2.24) is 0 Å². The average Bonchev–Trinajstić information content (AvgIpc) is 2.10. The summed E-state index contributed by atoms with van der Waals surface area (Å²) >= 11 is 0. The van der Waals surface area contributed by atoms with E-state index >= 15 is 0 Å². The van der Waals surface area contributed by atoms with Crippen LogP contribution in [-0.4, -0.2) is 23.3 Å². The monoisotopic (exact) mass is 128 g/mol. The van der Waals surface area contributed by atoms with Crippen LogP contribution in [0.2, 0.25) is 0 Å². The van der Waals surface area contributed by atoms with Crippen LogP contribution in [0.4, 0.5) is 0 Å². The Kier molecular flexibility index (Phi) is 1.53. The van der Waals surface area contributed by atoms with Crippen LogP contribution in [0.15, 0.2) is 12.7 Å². The van der Waals surface area contributed by atoms with Crippen LogP contribution in [0.25, 0.3) is 0 Å². The summed E-state index contributed by atoms with van der Waals surface area (Å²) in [5.41, 5.74) is 0. The fourth-order valence-corrected chi connectivity index (χ4v) is 0.771. The maximum atomic E-state index is 10.4. The number of rotatable bonds is 1. The molecule has 1 aliphatic heterocycles. The number of ether oxygens (including phenoxy) is 1. The second kappa shape index (κ2) is 2.19. The van der Waals surface area contributed by atoms with E-state index in [0.717, 1.165) is 0 Å². The minimum Gasteiger partial charge on any atom is -0.455 e. The van der Waals surface area contributed by atoms with Crippen LogP contribution in [0.5, 0.6) is 0 Å². The summed E-state index contributed by atoms with van der Waals surface area (Å²) in [4.78, 5) is 10.4. The van der Waals surface area contributed by atoms with Gasteiger partial charge >= 0.3 is 5.97 Å². The summed E-state index contributed by atoms with van der Waals surface area (Å²) in [7, 11) is 0. The highest BCUT2D eigenvalue weighted by atomic mass is 16.6. The Labute approximate surface area is 52.9 Å². The molecule has 0 aromatic carbocycles. The van der Waals surface area contributed by atoms with Gasteiger partial charge in [0.05, 0.1) is 6.42 Å². The van der Waals surface area contributed by atoms with Crippen molar-refractivity contribution < 1.29 is 14.6 Å². The quantitative estimate of drug-likeness (QED) is 0.394. The SMILES string of the molecule is C=C[C@@H]1OC(=O)C[C@@H]1O. The number of cyclic esters (lactones) is 1. The molecule has 1 heterocycles. The van der Waals surface area contributed by atoms with Crippen molar-refractivity contribution in [2.24, 2.45) is 0 Å². The molecule has 0 aromatic rings. The normalized spacial score (nSPS) is 34.1. The molecule has 1 fully saturated rings. The summed E-state index contributed by atoms with van der Waals surface area (Å²) in [5, 5.41) is 8.94. The van der Waals surface area contributed by atoms with Gasteiger partial charge in [-0.15, -0.1) is 0 Å². The minimum atomic E-state index is -0.685. The van der Waals surface area contributed by atoms with Crippen molar-refractivity contribution in [3.8, 4) is 0 Å². The Hall–Kier alpha value is -0.830. The van der Waals surface area contributed by atoms with Gasteiger partial charge in [0.2, 0.25) is 0 Å². The Bertz CT molecular complexity index is 141. The van der Waals surface area contributed by atoms with Gasteiger partial charge in [0.25, 0.3) is 0 Å². The third-order valence-electron chi connectivity index (χ3n) is 1.25. The van der Waals surface area contributed by atoms with E-state index in [1.165, 1.54) is 6.08 Å². The summed E-state index contributed by atoms with van der Waals surface area (Å²) in [6.07, 6.45) is 0.346. The van der Waals surface area contributed by atoms with Gasteiger partial charge in [-0.25, -0.2) is 0 Å². The van der Waals surface area contributed by atoms with E-state index in [1.807, 2.05) is 0 Å². The molecule has 0 bridgehead atoms. The Balaban J connectivity index is 2.57. The highest BCUT2D eigenvalue weighted by Crippen LogP contribution is 2.14. The zero-order valence-corrected chi connectivity index (χ0v) is 4.91. The van der Waals surface area contributed by atoms with Crippen molar-refractivity contribution in [3.05, 3.63) is 12.7 Å². The van der Waals surface area contributed by atoms with Gasteiger partial charge < -0.3 is 9.84 Å². The van der Waals surface area contributed by atoms with E-state index in [1.54, 1.807) is 0 Å². The molecule has 0 unspecified atom stereocenters. The predicted molar refractivity (Wildman–Crippen MR) is 30.7 cm³/mol. The molecule has 1 saturated heterocycles. The lowest BCUT2D eigenvalue weighted by molar-refractivity contribution is -0.140. The highest BCUT2D eigenvalue weighted by molar-refractivity contribution is 5.72. The first-order valence-corrected chi connectivity index (χ1v) is 2.74. The number of carbonyl (C=O) groups is 1. The lowest BCUT2D eigenvalue weighted by atomic mass is 10.2. The van der Waals surface area contributed by atoms with Crippen LogP contribution in [0.3, 0.4) is 0 Å². The predicted octanol–water partition coefficient (Wildman–Crippen LogP) is -0.151. The highest BCUT2D eigenvalue weighted by Gasteiger charge is 2.30. The van der Waals surface area contributed by atoms with Gasteiger partial charge in [-0.3, -0.25) is 4.79 Å². The molecular weight excluding hydrogens is 120 g/mol. The fraction of sp³-hybridized carbons (Fsp3) is 0.500. The van der Waals surface area contributed by atoms with Crippen LogP contribution in [-0.2, 0) is 9.53 Å². The van der Waals surface area contributed by atoms with E-state index in [2.05, 4.69) is 11.3 Å². The lowest BCUT2D eigenvalue weighted by Crippen LogP contribution is -2.16. The molecule has 0 aromatic heterocycles. The van der Waals surface area contributed by atoms with E-state index < -0.39 is 12.2 Å². The molecule has 0 spiro atoms. The first-order valence-electron chi connectivity index (χ1n) is 2.74. The van der Waals surface area contributed by atoms with Gasteiger partial charge in [0, 0.05) is 0 Å². The second-order valence-corrected chi connectivity index (χ2v) is 1.96. The van der Waals surface area contributed by atoms with Gasteiger partial charge in [0.1, 0.15) is 12.2 Å². The van der Waals surface area contributed by atoms with Crippen molar-refractivity contribution in [3.63, 3.8) is 0 Å². The third kappa shape index (κ3) is 1.10. The molecule has 3 nitrogen and oxygen atoms in total. The largest absolute Gasteiger partial charge is 0.455 e. The number of aliphatic hydroxyl groups excluding tert-OH is 1. The molecule has 1 aliphatic rings. The first-order chi connectivity index (χ1) is 4.24. The molecule has 9 heavy (non-hydrogen) atoms. The minimum absolute atomic E-state index is 0.0939. The number of aliphatic hydroxyl groups is 1. The summed E-state index contributed by atoms with van der Waals surface area (Å²) in [6.45, 7) is 3.39. The van der Waals surface area contributed by atoms with E-state index in [-0.39, 0.29) is 12.4 Å². The topological polar surface area (TPSA) is 46.5 Å². The van der Waals surface area contributed by atoms with Gasteiger partial charge in [0.15, 0.2) is 0 Å². The third-order valence-corrected chi connectivity index (χ3v) is 1.25. The molecule has 0 aliphatic carbocycles. The van der Waals surface area contributed by atoms with Crippen molar-refractivity contribution in [2.75, 3.05) is 0 Å². The second-order valence-electron chi connectivity index (χ2n) is 1.96. The van der Waals surface area contributed by atoms with E-state index in [0.29, 0.717) is 0 Å². The molecule has 0 saturated carbocycles. The van der Waals surface area contributed by atoms with Crippen molar-refractivity contribution in [1.29, 1.82) is 0 Å². The van der Waals surface area contributed by atoms with Crippen molar-refractivity contribution >= 4 is 5.97 Å².